The number of carbonyl (C=O) groups is 1. The lowest BCUT2D eigenvalue weighted by Gasteiger charge is -2.25. The van der Waals surface area contributed by atoms with Crippen LogP contribution in [0.2, 0.25) is 0 Å². The van der Waals surface area contributed by atoms with Crippen LogP contribution in [0.3, 0.4) is 0 Å². The molecule has 0 unspecified atom stereocenters. The number of hydrogen-bond acceptors (Lipinski definition) is 4. The van der Waals surface area contributed by atoms with Gasteiger partial charge in [0.05, 0.1) is 5.56 Å². The van der Waals surface area contributed by atoms with E-state index in [9.17, 15) is 9.90 Å². The van der Waals surface area contributed by atoms with Crippen LogP contribution in [0.1, 0.15) is 27.0 Å². The molecule has 1 fully saturated rings. The van der Waals surface area contributed by atoms with Gasteiger partial charge in [-0.2, -0.15) is 11.8 Å². The summed E-state index contributed by atoms with van der Waals surface area (Å²) in [6.45, 7) is 3.54. The molecular weight excluding hydrogens is 346 g/mol. The summed E-state index contributed by atoms with van der Waals surface area (Å²) in [5.74, 6) is 2.16. The van der Waals surface area contributed by atoms with Crippen LogP contribution in [0.4, 0.5) is 0 Å². The molecule has 2 heterocycles. The maximum Gasteiger partial charge on any atom is 0.335 e. The predicted octanol–water partition coefficient (Wildman–Crippen LogP) is 3.76. The van der Waals surface area contributed by atoms with Crippen LogP contribution in [0.25, 0.3) is 5.57 Å². The third kappa shape index (κ3) is 3.50. The minimum Gasteiger partial charge on any atom is -0.488 e. The van der Waals surface area contributed by atoms with Gasteiger partial charge in [-0.3, -0.25) is 4.90 Å². The molecule has 2 aromatic carbocycles. The molecule has 0 bridgehead atoms. The van der Waals surface area contributed by atoms with Gasteiger partial charge >= 0.3 is 5.97 Å². The maximum absolute atomic E-state index is 11.5. The Morgan fingerprint density at radius 1 is 1.15 bits per heavy atom. The Balaban J connectivity index is 1.79. The molecule has 0 aliphatic carbocycles. The summed E-state index contributed by atoms with van der Waals surface area (Å²) in [5, 5.41) is 9.40. The first-order valence-electron chi connectivity index (χ1n) is 8.81. The van der Waals surface area contributed by atoms with Crippen molar-refractivity contribution in [3.05, 3.63) is 70.8 Å². The topological polar surface area (TPSA) is 49.8 Å². The molecule has 4 nitrogen and oxygen atoms in total. The van der Waals surface area contributed by atoms with E-state index in [1.165, 1.54) is 11.5 Å². The number of benzene rings is 2. The Kier molecular flexibility index (Phi) is 5.00. The Hall–Kier alpha value is -2.24. The van der Waals surface area contributed by atoms with Crippen LogP contribution in [0, 0.1) is 0 Å². The summed E-state index contributed by atoms with van der Waals surface area (Å²) in [4.78, 5) is 13.9. The number of thioether (sulfide) groups is 1. The van der Waals surface area contributed by atoms with Crippen molar-refractivity contribution in [2.45, 2.75) is 6.61 Å². The van der Waals surface area contributed by atoms with Crippen molar-refractivity contribution < 1.29 is 14.6 Å². The molecular formula is C21H21NO3S. The maximum atomic E-state index is 11.5. The van der Waals surface area contributed by atoms with Crippen LogP contribution in [-0.2, 0) is 6.61 Å². The van der Waals surface area contributed by atoms with Crippen LogP contribution in [0.5, 0.6) is 5.75 Å². The first-order valence-corrected chi connectivity index (χ1v) is 9.97. The summed E-state index contributed by atoms with van der Waals surface area (Å²) in [6, 6.07) is 13.3. The second-order valence-electron chi connectivity index (χ2n) is 6.49. The number of ether oxygens (including phenoxy) is 1. The van der Waals surface area contributed by atoms with E-state index in [0.717, 1.165) is 47.6 Å². The summed E-state index contributed by atoms with van der Waals surface area (Å²) in [5.41, 5.74) is 4.46. The minimum absolute atomic E-state index is 0.284. The Morgan fingerprint density at radius 2 is 1.96 bits per heavy atom. The van der Waals surface area contributed by atoms with Gasteiger partial charge in [0, 0.05) is 36.7 Å². The molecule has 0 amide bonds. The standard InChI is InChI=1S/C21H21NO3S/c23-21(24)15-5-6-20-19(13-15)18(7-8-22-9-11-26-12-10-22)17-4-2-1-3-16(17)14-25-20/h1-7,13H,8-12,14H2,(H,23,24)/b18-7-. The van der Waals surface area contributed by atoms with Crippen molar-refractivity contribution in [3.63, 3.8) is 0 Å². The summed E-state index contributed by atoms with van der Waals surface area (Å²) in [6.07, 6.45) is 2.23. The van der Waals surface area contributed by atoms with Crippen molar-refractivity contribution in [1.29, 1.82) is 0 Å². The SMILES string of the molecule is O=C(O)c1ccc2c(c1)/C(=C\CN1CCSCC1)c1ccccc1CO2. The fraction of sp³-hybridized carbons (Fsp3) is 0.286. The van der Waals surface area contributed by atoms with Crippen LogP contribution >= 0.6 is 11.8 Å². The van der Waals surface area contributed by atoms with Gasteiger partial charge in [0.2, 0.25) is 0 Å². The summed E-state index contributed by atoms with van der Waals surface area (Å²) in [7, 11) is 0. The lowest BCUT2D eigenvalue weighted by molar-refractivity contribution is 0.0697. The first kappa shape index (κ1) is 17.2. The molecule has 2 aliphatic rings. The van der Waals surface area contributed by atoms with Gasteiger partial charge in [0.25, 0.3) is 0 Å². The highest BCUT2D eigenvalue weighted by Crippen LogP contribution is 2.37. The Labute approximate surface area is 157 Å². The number of carboxylic acid groups (broad SMARTS) is 1. The third-order valence-corrected chi connectivity index (χ3v) is 5.81. The zero-order chi connectivity index (χ0) is 17.9. The number of aromatic carboxylic acids is 1. The molecule has 2 aliphatic heterocycles. The van der Waals surface area contributed by atoms with Gasteiger partial charge in [-0.25, -0.2) is 4.79 Å². The van der Waals surface area contributed by atoms with Gasteiger partial charge in [-0.15, -0.1) is 0 Å². The fourth-order valence-electron chi connectivity index (χ4n) is 3.43. The Bertz CT molecular complexity index is 856. The molecule has 1 saturated heterocycles. The van der Waals surface area contributed by atoms with Crippen molar-refractivity contribution in [1.82, 2.24) is 4.90 Å². The number of rotatable bonds is 3. The number of hydrogen-bond donors (Lipinski definition) is 1. The van der Waals surface area contributed by atoms with Crippen molar-refractivity contribution in [3.8, 4) is 5.75 Å². The van der Waals surface area contributed by atoms with Crippen molar-refractivity contribution in [2.75, 3.05) is 31.1 Å². The van der Waals surface area contributed by atoms with E-state index in [2.05, 4.69) is 23.1 Å². The normalized spacial score (nSPS) is 18.5. The van der Waals surface area contributed by atoms with Gasteiger partial charge < -0.3 is 9.84 Å². The van der Waals surface area contributed by atoms with E-state index in [-0.39, 0.29) is 5.56 Å². The highest BCUT2D eigenvalue weighted by atomic mass is 32.2. The van der Waals surface area contributed by atoms with Crippen molar-refractivity contribution in [2.24, 2.45) is 0 Å². The van der Waals surface area contributed by atoms with E-state index < -0.39 is 5.97 Å². The molecule has 0 atom stereocenters. The van der Waals surface area contributed by atoms with Crippen LogP contribution in [-0.4, -0.2) is 47.1 Å². The lowest BCUT2D eigenvalue weighted by atomic mass is 9.93. The molecule has 2 aromatic rings. The monoisotopic (exact) mass is 367 g/mol. The molecule has 1 N–H and O–H groups in total. The number of nitrogens with zero attached hydrogens (tertiary/aromatic N) is 1. The van der Waals surface area contributed by atoms with E-state index in [1.54, 1.807) is 18.2 Å². The zero-order valence-electron chi connectivity index (χ0n) is 14.5. The average Bonchev–Trinajstić information content (AvgIpc) is 2.83. The van der Waals surface area contributed by atoms with Crippen LogP contribution in [0.15, 0.2) is 48.5 Å². The molecule has 4 rings (SSSR count). The van der Waals surface area contributed by atoms with Gasteiger partial charge in [0.1, 0.15) is 12.4 Å². The highest BCUT2D eigenvalue weighted by Gasteiger charge is 2.21. The number of carboxylic acids is 1. The molecule has 0 saturated carbocycles. The van der Waals surface area contributed by atoms with E-state index >= 15 is 0 Å². The molecule has 134 valence electrons. The molecule has 26 heavy (non-hydrogen) atoms. The van der Waals surface area contributed by atoms with E-state index in [0.29, 0.717) is 6.61 Å². The molecule has 0 radical (unpaired) electrons. The third-order valence-electron chi connectivity index (χ3n) is 4.86. The summed E-state index contributed by atoms with van der Waals surface area (Å²) < 4.78 is 5.98. The lowest BCUT2D eigenvalue weighted by Crippen LogP contribution is -2.32. The minimum atomic E-state index is -0.919. The second kappa shape index (κ2) is 7.56. The summed E-state index contributed by atoms with van der Waals surface area (Å²) >= 11 is 2.00. The zero-order valence-corrected chi connectivity index (χ0v) is 15.3. The van der Waals surface area contributed by atoms with Crippen molar-refractivity contribution >= 4 is 23.3 Å². The Morgan fingerprint density at radius 3 is 2.77 bits per heavy atom. The van der Waals surface area contributed by atoms with Gasteiger partial charge in [-0.05, 0) is 34.9 Å². The van der Waals surface area contributed by atoms with Gasteiger partial charge in [-0.1, -0.05) is 30.3 Å². The fourth-order valence-corrected chi connectivity index (χ4v) is 4.41. The average molecular weight is 367 g/mol. The predicted molar refractivity (Wildman–Crippen MR) is 105 cm³/mol. The van der Waals surface area contributed by atoms with Crippen LogP contribution < -0.4 is 4.74 Å². The van der Waals surface area contributed by atoms with E-state index in [1.807, 2.05) is 23.9 Å². The van der Waals surface area contributed by atoms with Gasteiger partial charge in [0.15, 0.2) is 0 Å². The quantitative estimate of drug-likeness (QED) is 0.895. The first-order chi connectivity index (χ1) is 12.7. The largest absolute Gasteiger partial charge is 0.488 e. The second-order valence-corrected chi connectivity index (χ2v) is 7.72. The molecule has 0 aromatic heterocycles. The highest BCUT2D eigenvalue weighted by molar-refractivity contribution is 7.99. The smallest absolute Gasteiger partial charge is 0.335 e. The molecule has 5 heteroatoms. The molecule has 0 spiro atoms. The van der Waals surface area contributed by atoms with E-state index in [4.69, 9.17) is 4.74 Å². The number of fused-ring (bicyclic) bond motifs is 2.